The lowest BCUT2D eigenvalue weighted by molar-refractivity contribution is -0.131. The fraction of sp³-hybridized carbons (Fsp3) is 0.500. The first-order valence-corrected chi connectivity index (χ1v) is 4.35. The lowest BCUT2D eigenvalue weighted by Gasteiger charge is -2.22. The van der Waals surface area contributed by atoms with Gasteiger partial charge in [0.1, 0.15) is 0 Å². The van der Waals surface area contributed by atoms with Crippen LogP contribution < -0.4 is 5.32 Å². The number of nitrogens with zero attached hydrogens (tertiary/aromatic N) is 1. The summed E-state index contributed by atoms with van der Waals surface area (Å²) in [5.74, 6) is 0.0716. The van der Waals surface area contributed by atoms with Gasteiger partial charge in [0.15, 0.2) is 0 Å². The molecule has 0 aliphatic rings. The van der Waals surface area contributed by atoms with Crippen molar-refractivity contribution in [2.24, 2.45) is 0 Å². The van der Waals surface area contributed by atoms with Crippen LogP contribution in [0.1, 0.15) is 6.92 Å². The Hall–Kier alpha value is -1.09. The van der Waals surface area contributed by atoms with E-state index in [4.69, 9.17) is 0 Å². The number of hydrogen-bond donors (Lipinski definition) is 1. The van der Waals surface area contributed by atoms with Gasteiger partial charge in [-0.3, -0.25) is 4.79 Å². The number of rotatable bonds is 6. The third-order valence-corrected chi connectivity index (χ3v) is 1.81. The molecule has 0 rings (SSSR count). The minimum absolute atomic E-state index is 0.0716. The first-order valence-electron chi connectivity index (χ1n) is 4.35. The SMILES string of the molecule is C=CCN(CC=C)C(=O)C(C)NC. The first kappa shape index (κ1) is 11.9. The topological polar surface area (TPSA) is 32.3 Å². The fourth-order valence-electron chi connectivity index (χ4n) is 0.963. The van der Waals surface area contributed by atoms with E-state index in [0.717, 1.165) is 0 Å². The third kappa shape index (κ3) is 3.90. The molecule has 0 saturated heterocycles. The quantitative estimate of drug-likeness (QED) is 0.616. The van der Waals surface area contributed by atoms with Gasteiger partial charge in [-0.25, -0.2) is 0 Å². The number of likely N-dealkylation sites (N-methyl/N-ethyl adjacent to an activating group) is 1. The second kappa shape index (κ2) is 6.43. The number of carbonyl (C=O) groups is 1. The van der Waals surface area contributed by atoms with Gasteiger partial charge < -0.3 is 10.2 Å². The van der Waals surface area contributed by atoms with Crippen LogP contribution >= 0.6 is 0 Å². The van der Waals surface area contributed by atoms with Crippen molar-refractivity contribution in [2.45, 2.75) is 13.0 Å². The van der Waals surface area contributed by atoms with E-state index < -0.39 is 0 Å². The Morgan fingerprint density at radius 1 is 1.46 bits per heavy atom. The van der Waals surface area contributed by atoms with Gasteiger partial charge in [0.2, 0.25) is 5.91 Å². The summed E-state index contributed by atoms with van der Waals surface area (Å²) in [6.45, 7) is 10.2. The lowest BCUT2D eigenvalue weighted by atomic mass is 10.3. The van der Waals surface area contributed by atoms with Crippen molar-refractivity contribution in [1.29, 1.82) is 0 Å². The highest BCUT2D eigenvalue weighted by Crippen LogP contribution is 1.95. The zero-order valence-corrected chi connectivity index (χ0v) is 8.42. The van der Waals surface area contributed by atoms with Crippen molar-refractivity contribution in [1.82, 2.24) is 10.2 Å². The molecule has 0 radical (unpaired) electrons. The van der Waals surface area contributed by atoms with E-state index in [9.17, 15) is 4.79 Å². The second-order valence-corrected chi connectivity index (χ2v) is 2.83. The largest absolute Gasteiger partial charge is 0.334 e. The van der Waals surface area contributed by atoms with E-state index >= 15 is 0 Å². The molecule has 0 aliphatic carbocycles. The number of carbonyl (C=O) groups excluding carboxylic acids is 1. The predicted molar refractivity (Wildman–Crippen MR) is 55.5 cm³/mol. The van der Waals surface area contributed by atoms with Crippen LogP contribution in [-0.4, -0.2) is 37.0 Å². The van der Waals surface area contributed by atoms with Crippen LogP contribution in [0.3, 0.4) is 0 Å². The fourth-order valence-corrected chi connectivity index (χ4v) is 0.963. The van der Waals surface area contributed by atoms with Crippen LogP contribution in [0.15, 0.2) is 25.3 Å². The molecule has 13 heavy (non-hydrogen) atoms. The average Bonchev–Trinajstić information content (AvgIpc) is 2.15. The summed E-state index contributed by atoms with van der Waals surface area (Å²) >= 11 is 0. The van der Waals surface area contributed by atoms with Crippen molar-refractivity contribution in [3.8, 4) is 0 Å². The van der Waals surface area contributed by atoms with E-state index in [0.29, 0.717) is 13.1 Å². The zero-order chi connectivity index (χ0) is 10.3. The maximum Gasteiger partial charge on any atom is 0.239 e. The summed E-state index contributed by atoms with van der Waals surface area (Å²) in [5, 5.41) is 2.90. The van der Waals surface area contributed by atoms with Crippen LogP contribution in [0.5, 0.6) is 0 Å². The van der Waals surface area contributed by atoms with Crippen molar-refractivity contribution < 1.29 is 4.79 Å². The van der Waals surface area contributed by atoms with Gasteiger partial charge in [0, 0.05) is 13.1 Å². The predicted octanol–water partition coefficient (Wildman–Crippen LogP) is 0.795. The van der Waals surface area contributed by atoms with E-state index in [2.05, 4.69) is 18.5 Å². The highest BCUT2D eigenvalue weighted by molar-refractivity contribution is 5.81. The molecule has 3 nitrogen and oxygen atoms in total. The van der Waals surface area contributed by atoms with Gasteiger partial charge >= 0.3 is 0 Å². The monoisotopic (exact) mass is 182 g/mol. The normalized spacial score (nSPS) is 11.8. The maximum absolute atomic E-state index is 11.6. The molecule has 1 N–H and O–H groups in total. The number of nitrogens with one attached hydrogen (secondary N) is 1. The van der Waals surface area contributed by atoms with E-state index in [1.54, 1.807) is 24.1 Å². The van der Waals surface area contributed by atoms with E-state index in [-0.39, 0.29) is 11.9 Å². The molecule has 0 heterocycles. The number of hydrogen-bond acceptors (Lipinski definition) is 2. The highest BCUT2D eigenvalue weighted by Gasteiger charge is 2.16. The lowest BCUT2D eigenvalue weighted by Crippen LogP contribution is -2.43. The molecular weight excluding hydrogens is 164 g/mol. The minimum atomic E-state index is -0.153. The highest BCUT2D eigenvalue weighted by atomic mass is 16.2. The summed E-state index contributed by atoms with van der Waals surface area (Å²) in [6, 6.07) is -0.153. The Labute approximate surface area is 80.1 Å². The molecule has 0 saturated carbocycles. The van der Waals surface area contributed by atoms with E-state index in [1.165, 1.54) is 0 Å². The van der Waals surface area contributed by atoms with Crippen LogP contribution in [0.4, 0.5) is 0 Å². The smallest absolute Gasteiger partial charge is 0.239 e. The van der Waals surface area contributed by atoms with Gasteiger partial charge in [-0.15, -0.1) is 13.2 Å². The summed E-state index contributed by atoms with van der Waals surface area (Å²) in [4.78, 5) is 13.3. The van der Waals surface area contributed by atoms with Crippen molar-refractivity contribution in [2.75, 3.05) is 20.1 Å². The molecule has 0 aromatic heterocycles. The standard InChI is InChI=1S/C10H18N2O/c1-5-7-12(8-6-2)10(13)9(3)11-4/h5-6,9,11H,1-2,7-8H2,3-4H3. The van der Waals surface area contributed by atoms with Crippen LogP contribution in [0.25, 0.3) is 0 Å². The molecule has 0 aromatic carbocycles. The maximum atomic E-state index is 11.6. The van der Waals surface area contributed by atoms with Crippen LogP contribution in [0.2, 0.25) is 0 Å². The molecular formula is C10H18N2O. The summed E-state index contributed by atoms with van der Waals surface area (Å²) < 4.78 is 0. The second-order valence-electron chi connectivity index (χ2n) is 2.83. The third-order valence-electron chi connectivity index (χ3n) is 1.81. The van der Waals surface area contributed by atoms with Crippen LogP contribution in [-0.2, 0) is 4.79 Å². The molecule has 0 fully saturated rings. The molecule has 1 unspecified atom stereocenters. The Morgan fingerprint density at radius 2 is 1.92 bits per heavy atom. The Bertz CT molecular complexity index is 179. The van der Waals surface area contributed by atoms with Gasteiger partial charge in [0.25, 0.3) is 0 Å². The van der Waals surface area contributed by atoms with Gasteiger partial charge in [-0.05, 0) is 14.0 Å². The molecule has 0 aliphatic heterocycles. The zero-order valence-electron chi connectivity index (χ0n) is 8.42. The minimum Gasteiger partial charge on any atom is -0.334 e. The van der Waals surface area contributed by atoms with Gasteiger partial charge in [-0.2, -0.15) is 0 Å². The van der Waals surface area contributed by atoms with Crippen molar-refractivity contribution >= 4 is 5.91 Å². The van der Waals surface area contributed by atoms with E-state index in [1.807, 2.05) is 6.92 Å². The molecule has 74 valence electrons. The Morgan fingerprint density at radius 3 is 2.23 bits per heavy atom. The Balaban J connectivity index is 4.25. The van der Waals surface area contributed by atoms with Gasteiger partial charge in [0.05, 0.1) is 6.04 Å². The molecule has 0 spiro atoms. The van der Waals surface area contributed by atoms with Crippen molar-refractivity contribution in [3.63, 3.8) is 0 Å². The first-order chi connectivity index (χ1) is 6.17. The number of amides is 1. The van der Waals surface area contributed by atoms with Gasteiger partial charge in [-0.1, -0.05) is 12.2 Å². The molecule has 0 bridgehead atoms. The average molecular weight is 182 g/mol. The van der Waals surface area contributed by atoms with Crippen LogP contribution in [0, 0.1) is 0 Å². The molecule has 3 heteroatoms. The summed E-state index contributed by atoms with van der Waals surface area (Å²) in [6.07, 6.45) is 3.42. The summed E-state index contributed by atoms with van der Waals surface area (Å²) in [5.41, 5.74) is 0. The summed E-state index contributed by atoms with van der Waals surface area (Å²) in [7, 11) is 1.77. The molecule has 1 amide bonds. The van der Waals surface area contributed by atoms with Crippen molar-refractivity contribution in [3.05, 3.63) is 25.3 Å². The molecule has 0 aromatic rings. The Kier molecular flexibility index (Phi) is 5.89. The molecule has 1 atom stereocenters.